The Morgan fingerprint density at radius 3 is 2.84 bits per heavy atom. The molecule has 5 heteroatoms. The van der Waals surface area contributed by atoms with E-state index in [1.807, 2.05) is 6.07 Å². The third kappa shape index (κ3) is 3.51. The summed E-state index contributed by atoms with van der Waals surface area (Å²) < 4.78 is 7.26. The maximum atomic E-state index is 12.2. The molecule has 128 valence electrons. The van der Waals surface area contributed by atoms with Crippen molar-refractivity contribution < 1.29 is 9.21 Å². The quantitative estimate of drug-likeness (QED) is 0.780. The zero-order valence-corrected chi connectivity index (χ0v) is 14.0. The van der Waals surface area contributed by atoms with Gasteiger partial charge in [-0.25, -0.2) is 0 Å². The number of fused-ring (bicyclic) bond motifs is 1. The molecule has 1 atom stereocenters. The number of hydrogen-bond acceptors (Lipinski definition) is 3. The number of furan rings is 1. The second-order valence-corrected chi connectivity index (χ2v) is 6.42. The molecule has 0 bridgehead atoms. The van der Waals surface area contributed by atoms with E-state index in [9.17, 15) is 4.79 Å². The van der Waals surface area contributed by atoms with Crippen LogP contribution in [-0.2, 0) is 19.6 Å². The highest BCUT2D eigenvalue weighted by Crippen LogP contribution is 2.20. The summed E-state index contributed by atoms with van der Waals surface area (Å²) in [5.74, 6) is -0.0910. The summed E-state index contributed by atoms with van der Waals surface area (Å²) in [5, 5.41) is 3.04. The number of hydrogen-bond donors (Lipinski definition) is 1. The fraction of sp³-hybridized carbons (Fsp3) is 0.250. The molecule has 0 fully saturated rings. The van der Waals surface area contributed by atoms with Crippen molar-refractivity contribution >= 4 is 5.91 Å². The van der Waals surface area contributed by atoms with Gasteiger partial charge in [-0.15, -0.1) is 0 Å². The lowest BCUT2D eigenvalue weighted by atomic mass is 10.1. The van der Waals surface area contributed by atoms with Crippen LogP contribution in [0, 0.1) is 0 Å². The molecular formula is C20H21N3O2. The van der Waals surface area contributed by atoms with E-state index in [-0.39, 0.29) is 11.9 Å². The topological polar surface area (TPSA) is 50.4 Å². The summed E-state index contributed by atoms with van der Waals surface area (Å²) in [6, 6.07) is 16.6. The average Bonchev–Trinajstić information content (AvgIpc) is 3.32. The van der Waals surface area contributed by atoms with Gasteiger partial charge in [0, 0.05) is 44.1 Å². The van der Waals surface area contributed by atoms with Crippen LogP contribution in [0.3, 0.4) is 0 Å². The number of nitrogens with zero attached hydrogens (tertiary/aromatic N) is 2. The summed E-state index contributed by atoms with van der Waals surface area (Å²) in [6.45, 7) is 3.24. The van der Waals surface area contributed by atoms with E-state index in [0.717, 1.165) is 19.6 Å². The van der Waals surface area contributed by atoms with Crippen molar-refractivity contribution in [2.75, 3.05) is 6.54 Å². The van der Waals surface area contributed by atoms with E-state index in [1.54, 1.807) is 6.07 Å². The van der Waals surface area contributed by atoms with Gasteiger partial charge in [0.05, 0.1) is 11.8 Å². The molecule has 0 saturated carbocycles. The molecule has 1 unspecified atom stereocenters. The van der Waals surface area contributed by atoms with Crippen molar-refractivity contribution in [3.05, 3.63) is 84.1 Å². The molecule has 0 aliphatic carbocycles. The summed E-state index contributed by atoms with van der Waals surface area (Å²) >= 11 is 0. The van der Waals surface area contributed by atoms with Gasteiger partial charge in [0.1, 0.15) is 6.26 Å². The van der Waals surface area contributed by atoms with Crippen molar-refractivity contribution in [2.45, 2.75) is 25.7 Å². The molecule has 1 amide bonds. The first-order chi connectivity index (χ1) is 12.3. The highest BCUT2D eigenvalue weighted by Gasteiger charge is 2.26. The summed E-state index contributed by atoms with van der Waals surface area (Å²) in [5.41, 5.74) is 3.16. The Morgan fingerprint density at radius 1 is 1.16 bits per heavy atom. The maximum absolute atomic E-state index is 12.2. The standard InChI is InChI=1S/C20H21N3O2/c24-20(17-8-10-25-15-17)21-11-19-14-22-9-4-7-18(22)13-23(19)12-16-5-2-1-3-6-16/h1-10,15,19H,11-14H2,(H,21,24). The summed E-state index contributed by atoms with van der Waals surface area (Å²) in [6.07, 6.45) is 5.10. The Kier molecular flexibility index (Phi) is 4.39. The van der Waals surface area contributed by atoms with Gasteiger partial charge in [-0.05, 0) is 23.8 Å². The first kappa shape index (κ1) is 15.7. The lowest BCUT2D eigenvalue weighted by molar-refractivity contribution is 0.0898. The minimum Gasteiger partial charge on any atom is -0.472 e. The second-order valence-electron chi connectivity index (χ2n) is 6.42. The fourth-order valence-electron chi connectivity index (χ4n) is 3.35. The Balaban J connectivity index is 1.47. The molecule has 1 aliphatic heterocycles. The monoisotopic (exact) mass is 335 g/mol. The Morgan fingerprint density at radius 2 is 2.04 bits per heavy atom. The molecule has 0 radical (unpaired) electrons. The average molecular weight is 335 g/mol. The number of rotatable bonds is 5. The van der Waals surface area contributed by atoms with Crippen LogP contribution in [0.15, 0.2) is 71.7 Å². The normalized spacial score (nSPS) is 17.2. The van der Waals surface area contributed by atoms with E-state index in [4.69, 9.17) is 4.42 Å². The van der Waals surface area contributed by atoms with Gasteiger partial charge in [0.25, 0.3) is 5.91 Å². The minimum absolute atomic E-state index is 0.0910. The molecule has 0 spiro atoms. The van der Waals surface area contributed by atoms with Gasteiger partial charge in [0.15, 0.2) is 0 Å². The predicted molar refractivity (Wildman–Crippen MR) is 95.0 cm³/mol. The number of nitrogens with one attached hydrogen (secondary N) is 1. The van der Waals surface area contributed by atoms with Crippen molar-refractivity contribution in [1.82, 2.24) is 14.8 Å². The van der Waals surface area contributed by atoms with Crippen LogP contribution in [0.4, 0.5) is 0 Å². The summed E-state index contributed by atoms with van der Waals surface area (Å²) in [7, 11) is 0. The van der Waals surface area contributed by atoms with Crippen LogP contribution in [0.1, 0.15) is 21.6 Å². The van der Waals surface area contributed by atoms with Crippen LogP contribution in [0.5, 0.6) is 0 Å². The van der Waals surface area contributed by atoms with Crippen LogP contribution in [-0.4, -0.2) is 28.0 Å². The van der Waals surface area contributed by atoms with Gasteiger partial charge < -0.3 is 14.3 Å². The van der Waals surface area contributed by atoms with Gasteiger partial charge in [-0.2, -0.15) is 0 Å². The number of benzene rings is 1. The van der Waals surface area contributed by atoms with Crippen molar-refractivity contribution in [1.29, 1.82) is 0 Å². The van der Waals surface area contributed by atoms with Gasteiger partial charge in [-0.3, -0.25) is 9.69 Å². The van der Waals surface area contributed by atoms with E-state index in [1.165, 1.54) is 23.8 Å². The Bertz CT molecular complexity index is 824. The molecule has 1 aromatic carbocycles. The Hall–Kier alpha value is -2.79. The van der Waals surface area contributed by atoms with Crippen LogP contribution < -0.4 is 5.32 Å². The number of aromatic nitrogens is 1. The van der Waals surface area contributed by atoms with Crippen molar-refractivity contribution in [2.24, 2.45) is 0 Å². The minimum atomic E-state index is -0.0910. The molecule has 25 heavy (non-hydrogen) atoms. The molecule has 1 aliphatic rings. The predicted octanol–water partition coefficient (Wildman–Crippen LogP) is 2.90. The largest absolute Gasteiger partial charge is 0.472 e. The van der Waals surface area contributed by atoms with Crippen LogP contribution in [0.2, 0.25) is 0 Å². The molecule has 5 nitrogen and oxygen atoms in total. The lowest BCUT2D eigenvalue weighted by Gasteiger charge is -2.37. The van der Waals surface area contributed by atoms with Crippen LogP contribution >= 0.6 is 0 Å². The molecule has 1 N–H and O–H groups in total. The zero-order chi connectivity index (χ0) is 17.1. The molecule has 2 aromatic heterocycles. The van der Waals surface area contributed by atoms with E-state index in [2.05, 4.69) is 57.4 Å². The van der Waals surface area contributed by atoms with Crippen molar-refractivity contribution in [3.8, 4) is 0 Å². The van der Waals surface area contributed by atoms with Gasteiger partial charge in [-0.1, -0.05) is 30.3 Å². The molecule has 4 rings (SSSR count). The highest BCUT2D eigenvalue weighted by molar-refractivity contribution is 5.93. The van der Waals surface area contributed by atoms with E-state index < -0.39 is 0 Å². The molecule has 0 saturated heterocycles. The fourth-order valence-corrected chi connectivity index (χ4v) is 3.35. The molecule has 3 aromatic rings. The summed E-state index contributed by atoms with van der Waals surface area (Å²) in [4.78, 5) is 14.6. The number of carbonyl (C=O) groups is 1. The number of amides is 1. The molecule has 3 heterocycles. The van der Waals surface area contributed by atoms with Gasteiger partial charge >= 0.3 is 0 Å². The second kappa shape index (κ2) is 6.99. The first-order valence-electron chi connectivity index (χ1n) is 8.52. The lowest BCUT2D eigenvalue weighted by Crippen LogP contribution is -2.48. The number of carbonyl (C=O) groups excluding carboxylic acids is 1. The third-order valence-electron chi connectivity index (χ3n) is 4.72. The Labute approximate surface area is 146 Å². The maximum Gasteiger partial charge on any atom is 0.254 e. The van der Waals surface area contributed by atoms with E-state index >= 15 is 0 Å². The first-order valence-corrected chi connectivity index (χ1v) is 8.52. The third-order valence-corrected chi connectivity index (χ3v) is 4.72. The SMILES string of the molecule is O=C(NCC1Cn2cccc2CN1Cc1ccccc1)c1ccoc1. The van der Waals surface area contributed by atoms with Crippen LogP contribution in [0.25, 0.3) is 0 Å². The van der Waals surface area contributed by atoms with Gasteiger partial charge in [0.2, 0.25) is 0 Å². The smallest absolute Gasteiger partial charge is 0.254 e. The van der Waals surface area contributed by atoms with Crippen molar-refractivity contribution in [3.63, 3.8) is 0 Å². The molecular weight excluding hydrogens is 314 g/mol. The highest BCUT2D eigenvalue weighted by atomic mass is 16.3. The zero-order valence-electron chi connectivity index (χ0n) is 14.0. The van der Waals surface area contributed by atoms with E-state index in [0.29, 0.717) is 12.1 Å².